The number of carbonyl (C=O) groups is 2. The van der Waals surface area contributed by atoms with Crippen molar-refractivity contribution in [1.82, 2.24) is 10.6 Å². The molecule has 0 saturated carbocycles. The molecule has 1 aliphatic heterocycles. The highest BCUT2D eigenvalue weighted by atomic mass is 16.6. The molecule has 0 spiro atoms. The highest BCUT2D eigenvalue weighted by Crippen LogP contribution is 1.80. The van der Waals surface area contributed by atoms with Gasteiger partial charge in [-0.1, -0.05) is 0 Å². The number of nitrogens with one attached hydrogen (secondary N) is 2. The number of imide groups is 1. The fraction of sp³-hybridized carbons (Fsp3) is 0.333. The molecule has 0 unspecified atom stereocenters. The van der Waals surface area contributed by atoms with Crippen LogP contribution in [0.3, 0.4) is 0 Å². The van der Waals surface area contributed by atoms with Crippen molar-refractivity contribution in [1.29, 1.82) is 0 Å². The molecule has 0 radical (unpaired) electrons. The summed E-state index contributed by atoms with van der Waals surface area (Å²) in [6, 6.07) is -0.513. The van der Waals surface area contributed by atoms with Crippen LogP contribution in [0.25, 0.3) is 0 Å². The van der Waals surface area contributed by atoms with Crippen LogP contribution in [0.1, 0.15) is 0 Å². The number of rotatable bonds is 0. The zero-order chi connectivity index (χ0) is 5.98. The molecule has 1 saturated heterocycles. The van der Waals surface area contributed by atoms with Crippen LogP contribution in [-0.4, -0.2) is 18.9 Å². The number of amides is 3. The minimum absolute atomic E-state index is 0.0370. The molecule has 2 N–H and O–H groups in total. The van der Waals surface area contributed by atoms with E-state index in [1.54, 1.807) is 0 Å². The molecule has 1 heterocycles. The van der Waals surface area contributed by atoms with Crippen molar-refractivity contribution in [2.24, 2.45) is 0 Å². The van der Waals surface area contributed by atoms with Crippen molar-refractivity contribution in [2.45, 2.75) is 0 Å². The highest BCUT2D eigenvalue weighted by molar-refractivity contribution is 5.92. The Morgan fingerprint density at radius 2 is 2.25 bits per heavy atom. The summed E-state index contributed by atoms with van der Waals surface area (Å²) < 4.78 is 4.27. The maximum atomic E-state index is 10.2. The van der Waals surface area contributed by atoms with Gasteiger partial charge < -0.3 is 10.1 Å². The summed E-state index contributed by atoms with van der Waals surface area (Å²) in [6.45, 7) is -0.0370. The van der Waals surface area contributed by atoms with Crippen molar-refractivity contribution >= 4 is 12.1 Å². The standard InChI is InChI=1S/C3H4N2O3/c6-2-4-1-8-3(7)5-2/h1H2,(H2,4,5,6,7). The maximum Gasteiger partial charge on any atom is 0.417 e. The van der Waals surface area contributed by atoms with Crippen molar-refractivity contribution in [2.75, 3.05) is 6.73 Å². The van der Waals surface area contributed by atoms with Crippen molar-refractivity contribution in [3.05, 3.63) is 0 Å². The third-order valence-corrected chi connectivity index (χ3v) is 0.652. The van der Waals surface area contributed by atoms with Gasteiger partial charge in [0.1, 0.15) is 0 Å². The Labute approximate surface area is 45.0 Å². The first-order valence-corrected chi connectivity index (χ1v) is 2.00. The van der Waals surface area contributed by atoms with E-state index in [4.69, 9.17) is 0 Å². The van der Waals surface area contributed by atoms with Gasteiger partial charge in [0.05, 0.1) is 0 Å². The lowest BCUT2D eigenvalue weighted by atomic mass is 10.8. The molecule has 0 aromatic rings. The Kier molecular flexibility index (Phi) is 1.03. The fourth-order valence-electron chi connectivity index (χ4n) is 0.340. The lowest BCUT2D eigenvalue weighted by molar-refractivity contribution is 0.125. The van der Waals surface area contributed by atoms with Crippen LogP contribution in [0.15, 0.2) is 0 Å². The number of hydrogen-bond acceptors (Lipinski definition) is 3. The van der Waals surface area contributed by atoms with Crippen molar-refractivity contribution in [3.8, 4) is 0 Å². The molecule has 5 heteroatoms. The van der Waals surface area contributed by atoms with E-state index < -0.39 is 12.1 Å². The van der Waals surface area contributed by atoms with E-state index in [9.17, 15) is 9.59 Å². The quantitative estimate of drug-likeness (QED) is 0.443. The van der Waals surface area contributed by atoms with Crippen LogP contribution in [0.5, 0.6) is 0 Å². The molecule has 0 aliphatic carbocycles. The zero-order valence-corrected chi connectivity index (χ0v) is 3.93. The van der Waals surface area contributed by atoms with Gasteiger partial charge in [-0.15, -0.1) is 0 Å². The number of ether oxygens (including phenoxy) is 1. The number of urea groups is 1. The fourth-order valence-corrected chi connectivity index (χ4v) is 0.340. The van der Waals surface area contributed by atoms with Crippen molar-refractivity contribution in [3.63, 3.8) is 0 Å². The Hall–Kier alpha value is -1.26. The average molecular weight is 116 g/mol. The van der Waals surface area contributed by atoms with Crippen LogP contribution in [0.2, 0.25) is 0 Å². The predicted molar refractivity (Wildman–Crippen MR) is 23.0 cm³/mol. The Morgan fingerprint density at radius 1 is 1.50 bits per heavy atom. The van der Waals surface area contributed by atoms with E-state index in [1.807, 2.05) is 5.32 Å². The first-order chi connectivity index (χ1) is 3.79. The number of alkyl carbamates (subject to hydrolysis) is 1. The van der Waals surface area contributed by atoms with Gasteiger partial charge in [0, 0.05) is 0 Å². The van der Waals surface area contributed by atoms with E-state index >= 15 is 0 Å². The summed E-state index contributed by atoms with van der Waals surface area (Å²) in [4.78, 5) is 20.2. The van der Waals surface area contributed by atoms with Crippen LogP contribution in [0.4, 0.5) is 9.59 Å². The van der Waals surface area contributed by atoms with Crippen molar-refractivity contribution < 1.29 is 14.3 Å². The summed E-state index contributed by atoms with van der Waals surface area (Å²) in [5.41, 5.74) is 0. The lowest BCUT2D eigenvalue weighted by Crippen LogP contribution is -2.47. The molecule has 44 valence electrons. The third-order valence-electron chi connectivity index (χ3n) is 0.652. The van der Waals surface area contributed by atoms with E-state index in [1.165, 1.54) is 0 Å². The molecule has 8 heavy (non-hydrogen) atoms. The number of carbonyl (C=O) groups excluding carboxylic acids is 2. The lowest BCUT2D eigenvalue weighted by Gasteiger charge is -2.11. The molecule has 3 amide bonds. The monoisotopic (exact) mass is 116 g/mol. The molecular weight excluding hydrogens is 112 g/mol. The SMILES string of the molecule is O=C1NCOC(=O)N1. The molecule has 0 aromatic carbocycles. The smallest absolute Gasteiger partial charge is 0.417 e. The molecule has 1 rings (SSSR count). The second kappa shape index (κ2) is 1.69. The number of cyclic esters (lactones) is 1. The van der Waals surface area contributed by atoms with Gasteiger partial charge >= 0.3 is 12.1 Å². The molecule has 1 fully saturated rings. The first kappa shape index (κ1) is 4.89. The Balaban J connectivity index is 2.45. The van der Waals surface area contributed by atoms with Crippen LogP contribution in [0, 0.1) is 0 Å². The Morgan fingerprint density at radius 3 is 2.62 bits per heavy atom. The normalized spacial score (nSPS) is 18.5. The summed E-state index contributed by atoms with van der Waals surface area (Å²) in [7, 11) is 0. The highest BCUT2D eigenvalue weighted by Gasteiger charge is 2.12. The van der Waals surface area contributed by atoms with Crippen LogP contribution in [-0.2, 0) is 4.74 Å². The van der Waals surface area contributed by atoms with E-state index in [0.29, 0.717) is 0 Å². The van der Waals surface area contributed by atoms with Gasteiger partial charge in [-0.25, -0.2) is 14.9 Å². The molecule has 0 atom stereocenters. The molecular formula is C3H4N2O3. The summed E-state index contributed by atoms with van der Waals surface area (Å²) >= 11 is 0. The minimum atomic E-state index is -0.700. The van der Waals surface area contributed by atoms with Gasteiger partial charge in [-0.2, -0.15) is 0 Å². The van der Waals surface area contributed by atoms with Crippen LogP contribution < -0.4 is 10.6 Å². The molecule has 1 aliphatic rings. The van der Waals surface area contributed by atoms with E-state index in [-0.39, 0.29) is 6.73 Å². The van der Waals surface area contributed by atoms with E-state index in [0.717, 1.165) is 0 Å². The maximum absolute atomic E-state index is 10.2. The van der Waals surface area contributed by atoms with Gasteiger partial charge in [0.2, 0.25) is 0 Å². The Bertz CT molecular complexity index is 118. The zero-order valence-electron chi connectivity index (χ0n) is 3.93. The average Bonchev–Trinajstić information content (AvgIpc) is 1.64. The van der Waals surface area contributed by atoms with Gasteiger partial charge in [0.25, 0.3) is 0 Å². The minimum Gasteiger partial charge on any atom is -0.428 e. The summed E-state index contributed by atoms with van der Waals surface area (Å²) in [5, 5.41) is 4.09. The second-order valence-corrected chi connectivity index (χ2v) is 1.21. The molecule has 5 nitrogen and oxygen atoms in total. The van der Waals surface area contributed by atoms with Gasteiger partial charge in [0.15, 0.2) is 6.73 Å². The molecule has 0 bridgehead atoms. The van der Waals surface area contributed by atoms with Gasteiger partial charge in [-0.3, -0.25) is 0 Å². The summed E-state index contributed by atoms with van der Waals surface area (Å²) in [6.07, 6.45) is -0.700. The van der Waals surface area contributed by atoms with E-state index in [2.05, 4.69) is 10.1 Å². The summed E-state index contributed by atoms with van der Waals surface area (Å²) in [5.74, 6) is 0. The largest absolute Gasteiger partial charge is 0.428 e. The first-order valence-electron chi connectivity index (χ1n) is 2.00. The van der Waals surface area contributed by atoms with Gasteiger partial charge in [-0.05, 0) is 0 Å². The second-order valence-electron chi connectivity index (χ2n) is 1.21. The van der Waals surface area contributed by atoms with Crippen LogP contribution >= 0.6 is 0 Å². The number of hydrogen-bond donors (Lipinski definition) is 2. The third kappa shape index (κ3) is 0.868. The topological polar surface area (TPSA) is 67.4 Å². The molecule has 0 aromatic heterocycles. The predicted octanol–water partition coefficient (Wildman–Crippen LogP) is -0.607.